The van der Waals surface area contributed by atoms with E-state index in [2.05, 4.69) is 31.2 Å². The Bertz CT molecular complexity index is 608. The zero-order valence-electron chi connectivity index (χ0n) is 15.4. The third-order valence-electron chi connectivity index (χ3n) is 6.60. The third-order valence-corrected chi connectivity index (χ3v) is 6.60. The van der Waals surface area contributed by atoms with Crippen molar-refractivity contribution in [1.82, 2.24) is 0 Å². The van der Waals surface area contributed by atoms with Gasteiger partial charge in [0.1, 0.15) is 6.07 Å². The average Bonchev–Trinajstić information content (AvgIpc) is 2.69. The predicted octanol–water partition coefficient (Wildman–Crippen LogP) is 6.71. The Balaban J connectivity index is 1.47. The van der Waals surface area contributed by atoms with Crippen LogP contribution in [0, 0.1) is 29.1 Å². The Kier molecular flexibility index (Phi) is 6.29. The van der Waals surface area contributed by atoms with Crippen LogP contribution in [-0.2, 0) is 6.42 Å². The summed E-state index contributed by atoms with van der Waals surface area (Å²) in [6, 6.07) is 10.9. The number of hydrogen-bond donors (Lipinski definition) is 0. The molecule has 2 fully saturated rings. The molecule has 0 spiro atoms. The van der Waals surface area contributed by atoms with E-state index in [1.165, 1.54) is 49.7 Å². The molecule has 1 aromatic carbocycles. The molecular weight excluding hydrogens is 309 g/mol. The summed E-state index contributed by atoms with van der Waals surface area (Å²) in [5, 5.41) is 8.58. The van der Waals surface area contributed by atoms with Gasteiger partial charge in [0.2, 0.25) is 0 Å². The maximum absolute atomic E-state index is 13.1. The van der Waals surface area contributed by atoms with Gasteiger partial charge >= 0.3 is 0 Å². The summed E-state index contributed by atoms with van der Waals surface area (Å²) < 4.78 is 13.1. The van der Waals surface area contributed by atoms with Crippen molar-refractivity contribution in [2.45, 2.75) is 70.6 Å². The molecule has 3 rings (SSSR count). The Morgan fingerprint density at radius 3 is 2.08 bits per heavy atom. The number of nitriles is 1. The van der Waals surface area contributed by atoms with Crippen LogP contribution < -0.4 is 0 Å². The van der Waals surface area contributed by atoms with Gasteiger partial charge in [0.15, 0.2) is 5.83 Å². The first-order chi connectivity index (χ1) is 12.2. The molecule has 2 aliphatic rings. The van der Waals surface area contributed by atoms with Crippen LogP contribution in [0.2, 0.25) is 0 Å². The monoisotopic (exact) mass is 339 g/mol. The smallest absolute Gasteiger partial charge is 0.195 e. The van der Waals surface area contributed by atoms with E-state index in [0.717, 1.165) is 37.0 Å². The fraction of sp³-hybridized carbons (Fsp3) is 0.609. The lowest BCUT2D eigenvalue weighted by Crippen LogP contribution is -2.25. The minimum atomic E-state index is -0.599. The highest BCUT2D eigenvalue weighted by molar-refractivity contribution is 5.25. The van der Waals surface area contributed by atoms with Gasteiger partial charge in [-0.15, -0.1) is 0 Å². The molecule has 2 saturated carbocycles. The lowest BCUT2D eigenvalue weighted by molar-refractivity contribution is 0.171. The van der Waals surface area contributed by atoms with Gasteiger partial charge in [0, 0.05) is 0 Å². The van der Waals surface area contributed by atoms with Gasteiger partial charge in [-0.05, 0) is 98.7 Å². The molecule has 0 unspecified atom stereocenters. The summed E-state index contributed by atoms with van der Waals surface area (Å²) in [5.74, 6) is 2.10. The molecule has 2 heteroatoms. The zero-order valence-corrected chi connectivity index (χ0v) is 15.4. The van der Waals surface area contributed by atoms with E-state index in [0.29, 0.717) is 0 Å². The third kappa shape index (κ3) is 4.72. The van der Waals surface area contributed by atoms with Crippen LogP contribution in [0.3, 0.4) is 0 Å². The van der Waals surface area contributed by atoms with Crippen LogP contribution in [0.5, 0.6) is 0 Å². The highest BCUT2D eigenvalue weighted by atomic mass is 19.1. The first kappa shape index (κ1) is 18.2. The van der Waals surface area contributed by atoms with Crippen LogP contribution in [0.15, 0.2) is 36.2 Å². The Morgan fingerprint density at radius 1 is 1.00 bits per heavy atom. The molecule has 0 bridgehead atoms. The SMILES string of the molecule is CCc1ccc([C@H]2CC[C@H](C3CCC(/C=C(/F)C#N)CC3)CC2)cc1. The van der Waals surface area contributed by atoms with Crippen molar-refractivity contribution >= 4 is 0 Å². The van der Waals surface area contributed by atoms with Crippen molar-refractivity contribution in [2.75, 3.05) is 0 Å². The number of allylic oxidation sites excluding steroid dienone is 2. The largest absolute Gasteiger partial charge is 0.196 e. The predicted molar refractivity (Wildman–Crippen MR) is 101 cm³/mol. The van der Waals surface area contributed by atoms with Crippen molar-refractivity contribution in [3.63, 3.8) is 0 Å². The van der Waals surface area contributed by atoms with Gasteiger partial charge in [0.05, 0.1) is 0 Å². The molecule has 0 atom stereocenters. The number of halogens is 1. The fourth-order valence-electron chi connectivity index (χ4n) is 4.98. The van der Waals surface area contributed by atoms with Crippen LogP contribution in [0.4, 0.5) is 4.39 Å². The van der Waals surface area contributed by atoms with Crippen molar-refractivity contribution in [1.29, 1.82) is 5.26 Å². The molecule has 1 aromatic rings. The minimum absolute atomic E-state index is 0.282. The molecule has 0 amide bonds. The maximum Gasteiger partial charge on any atom is 0.196 e. The van der Waals surface area contributed by atoms with Gasteiger partial charge in [-0.1, -0.05) is 31.2 Å². The topological polar surface area (TPSA) is 23.8 Å². The van der Waals surface area contributed by atoms with E-state index in [9.17, 15) is 4.39 Å². The Morgan fingerprint density at radius 2 is 1.56 bits per heavy atom. The molecule has 0 radical (unpaired) electrons. The number of rotatable bonds is 4. The number of benzene rings is 1. The second-order valence-electron chi connectivity index (χ2n) is 8.01. The summed E-state index contributed by atoms with van der Waals surface area (Å²) >= 11 is 0. The lowest BCUT2D eigenvalue weighted by Gasteiger charge is -2.37. The molecule has 0 N–H and O–H groups in total. The van der Waals surface area contributed by atoms with Crippen LogP contribution >= 0.6 is 0 Å². The lowest BCUT2D eigenvalue weighted by atomic mass is 9.68. The van der Waals surface area contributed by atoms with Gasteiger partial charge < -0.3 is 0 Å². The van der Waals surface area contributed by atoms with E-state index < -0.39 is 5.83 Å². The van der Waals surface area contributed by atoms with Crippen molar-refractivity contribution in [2.24, 2.45) is 17.8 Å². The van der Waals surface area contributed by atoms with Crippen molar-refractivity contribution < 1.29 is 4.39 Å². The quantitative estimate of drug-likeness (QED) is 0.559. The summed E-state index contributed by atoms with van der Waals surface area (Å²) in [5.41, 5.74) is 2.95. The molecule has 134 valence electrons. The molecule has 1 nitrogen and oxygen atoms in total. The molecular formula is C23H30FN. The first-order valence-corrected chi connectivity index (χ1v) is 10.1. The fourth-order valence-corrected chi connectivity index (χ4v) is 4.98. The van der Waals surface area contributed by atoms with Gasteiger partial charge in [-0.3, -0.25) is 0 Å². The van der Waals surface area contributed by atoms with E-state index >= 15 is 0 Å². The second kappa shape index (κ2) is 8.65. The molecule has 2 aliphatic carbocycles. The normalized spacial score (nSPS) is 30.7. The molecule has 0 saturated heterocycles. The highest BCUT2D eigenvalue weighted by Gasteiger charge is 2.31. The highest BCUT2D eigenvalue weighted by Crippen LogP contribution is 2.44. The summed E-state index contributed by atoms with van der Waals surface area (Å²) in [7, 11) is 0. The van der Waals surface area contributed by atoms with Crippen LogP contribution in [0.1, 0.15) is 75.3 Å². The Hall–Kier alpha value is -1.62. The molecule has 25 heavy (non-hydrogen) atoms. The maximum atomic E-state index is 13.1. The standard InChI is InChI=1S/C23H30FN/c1-2-17-3-7-19(8-4-17)21-11-13-22(14-12-21)20-9-5-18(6-10-20)15-23(24)16-25/h3-4,7-8,15,18,20-22H,2,5-6,9-14H2,1H3/b23-15+/t18?,20?,21-,22-. The number of aryl methyl sites for hydroxylation is 1. The van der Waals surface area contributed by atoms with Gasteiger partial charge in [0.25, 0.3) is 0 Å². The Labute approximate surface area is 151 Å². The van der Waals surface area contributed by atoms with Crippen LogP contribution in [-0.4, -0.2) is 0 Å². The van der Waals surface area contributed by atoms with Gasteiger partial charge in [-0.25, -0.2) is 0 Å². The van der Waals surface area contributed by atoms with E-state index in [1.807, 2.05) is 0 Å². The van der Waals surface area contributed by atoms with Gasteiger partial charge in [-0.2, -0.15) is 9.65 Å². The average molecular weight is 339 g/mol. The second-order valence-corrected chi connectivity index (χ2v) is 8.01. The van der Waals surface area contributed by atoms with E-state index in [1.54, 1.807) is 12.1 Å². The summed E-state index contributed by atoms with van der Waals surface area (Å²) in [4.78, 5) is 0. The van der Waals surface area contributed by atoms with Crippen molar-refractivity contribution in [3.05, 3.63) is 47.3 Å². The summed E-state index contributed by atoms with van der Waals surface area (Å²) in [6.07, 6.45) is 12.5. The number of hydrogen-bond acceptors (Lipinski definition) is 1. The van der Waals surface area contributed by atoms with E-state index in [4.69, 9.17) is 5.26 Å². The first-order valence-electron chi connectivity index (χ1n) is 10.1. The zero-order chi connectivity index (χ0) is 17.6. The number of nitrogens with zero attached hydrogens (tertiary/aromatic N) is 1. The molecule has 0 heterocycles. The minimum Gasteiger partial charge on any atom is -0.195 e. The molecule has 0 aliphatic heterocycles. The molecule has 0 aromatic heterocycles. The van der Waals surface area contributed by atoms with E-state index in [-0.39, 0.29) is 5.92 Å². The summed E-state index contributed by atoms with van der Waals surface area (Å²) in [6.45, 7) is 2.21. The van der Waals surface area contributed by atoms with Crippen LogP contribution in [0.25, 0.3) is 0 Å². The van der Waals surface area contributed by atoms with Crippen molar-refractivity contribution in [3.8, 4) is 6.07 Å².